The van der Waals surface area contributed by atoms with Gasteiger partial charge in [-0.1, -0.05) is 115 Å². The summed E-state index contributed by atoms with van der Waals surface area (Å²) < 4.78 is 26.8. The van der Waals surface area contributed by atoms with Gasteiger partial charge in [-0.2, -0.15) is 0 Å². The van der Waals surface area contributed by atoms with Crippen LogP contribution in [0.4, 0.5) is 0 Å². The molecule has 6 nitrogen and oxygen atoms in total. The van der Waals surface area contributed by atoms with Crippen molar-refractivity contribution in [1.29, 1.82) is 0 Å². The highest BCUT2D eigenvalue weighted by Crippen LogP contribution is 2.45. The Kier molecular flexibility index (Phi) is 7.41. The number of nitrogens with zero attached hydrogens (tertiary/aromatic N) is 4. The first kappa shape index (κ1) is 30.5. The number of hydrogen-bond donors (Lipinski definition) is 0. The van der Waals surface area contributed by atoms with E-state index in [2.05, 4.69) is 47.4 Å². The molecule has 0 bridgehead atoms. The Balaban J connectivity index is 1.24. The van der Waals surface area contributed by atoms with Crippen molar-refractivity contribution in [2.75, 3.05) is 0 Å². The van der Waals surface area contributed by atoms with Gasteiger partial charge in [0.15, 0.2) is 17.5 Å². The molecule has 1 aliphatic rings. The lowest BCUT2D eigenvalue weighted by Gasteiger charge is -2.13. The molecule has 242 valence electrons. The first-order valence-corrected chi connectivity index (χ1v) is 18.0. The summed E-state index contributed by atoms with van der Waals surface area (Å²) in [7, 11) is -3.59. The van der Waals surface area contributed by atoms with E-state index in [1.54, 1.807) is 24.4 Å². The van der Waals surface area contributed by atoms with Gasteiger partial charge >= 0.3 is 0 Å². The molecule has 0 saturated carbocycles. The van der Waals surface area contributed by atoms with Gasteiger partial charge < -0.3 is 0 Å². The smallest absolute Gasteiger partial charge is 0.207 e. The van der Waals surface area contributed by atoms with Gasteiger partial charge in [-0.25, -0.2) is 23.4 Å². The molecule has 2 aromatic heterocycles. The summed E-state index contributed by atoms with van der Waals surface area (Å²) in [6, 6.07) is 51.3. The van der Waals surface area contributed by atoms with Crippen molar-refractivity contribution in [3.63, 3.8) is 0 Å². The van der Waals surface area contributed by atoms with Crippen LogP contribution >= 0.6 is 0 Å². The lowest BCUT2D eigenvalue weighted by Crippen LogP contribution is -2.00. The molecule has 0 aliphatic carbocycles. The normalized spacial score (nSPS) is 12.6. The summed E-state index contributed by atoms with van der Waals surface area (Å²) in [6.45, 7) is 0. The van der Waals surface area contributed by atoms with Crippen LogP contribution in [0.2, 0.25) is 0 Å². The highest BCUT2D eigenvalue weighted by atomic mass is 32.2. The van der Waals surface area contributed by atoms with Gasteiger partial charge in [0.1, 0.15) is 0 Å². The molecule has 1 aliphatic heterocycles. The summed E-state index contributed by atoms with van der Waals surface area (Å²) in [4.78, 5) is 19.9. The minimum absolute atomic E-state index is 0.326. The fourth-order valence-corrected chi connectivity index (χ4v) is 8.28. The highest BCUT2D eigenvalue weighted by Gasteiger charge is 2.32. The van der Waals surface area contributed by atoms with E-state index in [4.69, 9.17) is 15.0 Å². The van der Waals surface area contributed by atoms with Gasteiger partial charge in [-0.05, 0) is 75.8 Å². The Morgan fingerprint density at radius 3 is 1.47 bits per heavy atom. The lowest BCUT2D eigenvalue weighted by atomic mass is 9.93. The molecule has 0 amide bonds. The van der Waals surface area contributed by atoms with Crippen molar-refractivity contribution in [2.24, 2.45) is 0 Å². The van der Waals surface area contributed by atoms with E-state index in [1.165, 1.54) is 0 Å². The molecule has 0 N–H and O–H groups in total. The minimum atomic E-state index is -3.59. The molecule has 51 heavy (non-hydrogen) atoms. The molecule has 3 heterocycles. The number of aromatic nitrogens is 4. The summed E-state index contributed by atoms with van der Waals surface area (Å²) in [5.41, 5.74) is 9.89. The van der Waals surface area contributed by atoms with E-state index >= 15 is 0 Å². The van der Waals surface area contributed by atoms with Crippen molar-refractivity contribution >= 4 is 9.84 Å². The fourth-order valence-electron chi connectivity index (χ4n) is 6.61. The summed E-state index contributed by atoms with van der Waals surface area (Å²) >= 11 is 0. The molecule has 0 atom stereocenters. The molecule has 0 fully saturated rings. The minimum Gasteiger partial charge on any atom is -0.264 e. The average molecular weight is 677 g/mol. The van der Waals surface area contributed by atoms with E-state index in [0.717, 1.165) is 50.1 Å². The van der Waals surface area contributed by atoms with Crippen molar-refractivity contribution < 1.29 is 8.42 Å². The molecule has 0 spiro atoms. The zero-order valence-corrected chi connectivity index (χ0v) is 28.0. The summed E-state index contributed by atoms with van der Waals surface area (Å²) in [6.07, 6.45) is 3.63. The maximum absolute atomic E-state index is 13.4. The van der Waals surface area contributed by atoms with E-state index in [9.17, 15) is 8.42 Å². The molecule has 0 radical (unpaired) electrons. The SMILES string of the molecule is O=S1(=O)c2ccccc2-c2cc(-c3cc(-c4ccc(-c5cccnc5)cc4)cc(-c4nc(-c5ccccc5)nc(-c5ccccc5)n4)c3)ccc21. The van der Waals surface area contributed by atoms with Crippen molar-refractivity contribution in [2.45, 2.75) is 9.79 Å². The van der Waals surface area contributed by atoms with Crippen LogP contribution in [-0.4, -0.2) is 28.4 Å². The van der Waals surface area contributed by atoms with Crippen LogP contribution in [0.5, 0.6) is 0 Å². The topological polar surface area (TPSA) is 85.7 Å². The Hall–Kier alpha value is -6.57. The van der Waals surface area contributed by atoms with Crippen molar-refractivity contribution in [1.82, 2.24) is 19.9 Å². The van der Waals surface area contributed by atoms with Crippen LogP contribution in [0, 0.1) is 0 Å². The van der Waals surface area contributed by atoms with E-state index in [0.29, 0.717) is 38.4 Å². The van der Waals surface area contributed by atoms with Gasteiger partial charge in [0.05, 0.1) is 9.79 Å². The van der Waals surface area contributed by atoms with E-state index < -0.39 is 9.84 Å². The Labute approximate surface area is 295 Å². The number of pyridine rings is 1. The van der Waals surface area contributed by atoms with Gasteiger partial charge in [0.25, 0.3) is 0 Å². The van der Waals surface area contributed by atoms with Crippen LogP contribution in [0.1, 0.15) is 0 Å². The third-order valence-corrected chi connectivity index (χ3v) is 11.0. The maximum atomic E-state index is 13.4. The molecular formula is C44H28N4O2S. The van der Waals surface area contributed by atoms with Crippen LogP contribution in [0.15, 0.2) is 180 Å². The van der Waals surface area contributed by atoms with Crippen molar-refractivity contribution in [3.8, 4) is 78.7 Å². The molecule has 6 aromatic carbocycles. The summed E-state index contributed by atoms with van der Waals surface area (Å²) in [5.74, 6) is 1.69. The zero-order valence-electron chi connectivity index (χ0n) is 27.2. The van der Waals surface area contributed by atoms with Gasteiger partial charge in [0.2, 0.25) is 9.84 Å². The quantitative estimate of drug-likeness (QED) is 0.174. The van der Waals surface area contributed by atoms with Gasteiger partial charge in [0, 0.05) is 40.2 Å². The van der Waals surface area contributed by atoms with Gasteiger partial charge in [-0.15, -0.1) is 0 Å². The molecule has 8 aromatic rings. The molecule has 0 saturated heterocycles. The summed E-state index contributed by atoms with van der Waals surface area (Å²) in [5, 5.41) is 0. The second-order valence-electron chi connectivity index (χ2n) is 12.4. The van der Waals surface area contributed by atoms with Crippen LogP contribution in [0.3, 0.4) is 0 Å². The maximum Gasteiger partial charge on any atom is 0.207 e. The Bertz CT molecular complexity index is 2620. The average Bonchev–Trinajstić information content (AvgIpc) is 3.44. The highest BCUT2D eigenvalue weighted by molar-refractivity contribution is 7.92. The Morgan fingerprint density at radius 2 is 0.843 bits per heavy atom. The number of sulfone groups is 1. The standard InChI is InChI=1S/C44H28N4O2S/c49-51(50)40-16-8-7-15-38(40)39-27-33(21-22-41(39)51)36-24-35(30-19-17-29(18-20-30)34-14-9-23-45-28-34)25-37(26-36)44-47-42(31-10-3-1-4-11-31)46-43(48-44)32-12-5-2-6-13-32/h1-28H. The third-order valence-electron chi connectivity index (χ3n) is 9.17. The molecule has 7 heteroatoms. The van der Waals surface area contributed by atoms with Crippen LogP contribution in [0.25, 0.3) is 78.7 Å². The Morgan fingerprint density at radius 1 is 0.353 bits per heavy atom. The number of fused-ring (bicyclic) bond motifs is 3. The second-order valence-corrected chi connectivity index (χ2v) is 14.3. The number of benzene rings is 6. The van der Waals surface area contributed by atoms with Crippen LogP contribution < -0.4 is 0 Å². The van der Waals surface area contributed by atoms with E-state index in [1.807, 2.05) is 103 Å². The first-order chi connectivity index (χ1) is 25.0. The zero-order chi connectivity index (χ0) is 34.4. The predicted molar refractivity (Wildman–Crippen MR) is 201 cm³/mol. The van der Waals surface area contributed by atoms with Gasteiger partial charge in [-0.3, -0.25) is 4.98 Å². The van der Waals surface area contributed by atoms with E-state index in [-0.39, 0.29) is 0 Å². The lowest BCUT2D eigenvalue weighted by molar-refractivity contribution is 0.598. The predicted octanol–water partition coefficient (Wildman–Crippen LogP) is 10.1. The monoisotopic (exact) mass is 676 g/mol. The third kappa shape index (κ3) is 5.59. The molecule has 0 unspecified atom stereocenters. The molecule has 9 rings (SSSR count). The second kappa shape index (κ2) is 12.4. The van der Waals surface area contributed by atoms with Crippen molar-refractivity contribution in [3.05, 3.63) is 170 Å². The molecular weight excluding hydrogens is 649 g/mol. The first-order valence-electron chi connectivity index (χ1n) is 16.5. The number of hydrogen-bond acceptors (Lipinski definition) is 6. The fraction of sp³-hybridized carbons (Fsp3) is 0. The van der Waals surface area contributed by atoms with Crippen LogP contribution in [-0.2, 0) is 9.84 Å². The number of rotatable bonds is 6. The largest absolute Gasteiger partial charge is 0.264 e.